The largest absolute Gasteiger partial charge is 0.469 e. The maximum absolute atomic E-state index is 10.4. The fourth-order valence-electron chi connectivity index (χ4n) is 1.45. The second-order valence-corrected chi connectivity index (χ2v) is 6.58. The molecule has 0 heterocycles. The maximum atomic E-state index is 10.4. The molecule has 3 unspecified atom stereocenters. The monoisotopic (exact) mass is 374 g/mol. The summed E-state index contributed by atoms with van der Waals surface area (Å²) in [6, 6.07) is 0. The summed E-state index contributed by atoms with van der Waals surface area (Å²) < 4.78 is 41.4. The minimum atomic E-state index is -4.41. The first-order chi connectivity index (χ1) is 11.2. The lowest BCUT2D eigenvalue weighted by Crippen LogP contribution is -2.26. The van der Waals surface area contributed by atoms with Crippen molar-refractivity contribution in [3.05, 3.63) is 0 Å². The molecule has 0 aromatic heterocycles. The van der Waals surface area contributed by atoms with Crippen molar-refractivity contribution in [2.75, 3.05) is 53.4 Å². The van der Waals surface area contributed by atoms with Gasteiger partial charge in [-0.3, -0.25) is 4.52 Å². The molecule has 2 N–H and O–H groups in total. The third-order valence-electron chi connectivity index (χ3n) is 2.84. The Morgan fingerprint density at radius 2 is 1.29 bits per heavy atom. The van der Waals surface area contributed by atoms with Crippen LogP contribution >= 0.6 is 7.82 Å². The molecule has 0 radical (unpaired) electrons. The molecule has 0 aromatic rings. The number of phosphoric acid groups is 1. The van der Waals surface area contributed by atoms with Gasteiger partial charge in [0.05, 0.1) is 64.6 Å². The zero-order valence-corrected chi connectivity index (χ0v) is 15.8. The van der Waals surface area contributed by atoms with Crippen molar-refractivity contribution < 1.29 is 42.6 Å². The molecule has 146 valence electrons. The quantitative estimate of drug-likeness (QED) is 0.301. The van der Waals surface area contributed by atoms with Crippen LogP contribution in [0.5, 0.6) is 0 Å². The number of ether oxygens (including phenoxy) is 5. The fraction of sp³-hybridized carbons (Fsp3) is 1.00. The van der Waals surface area contributed by atoms with E-state index in [0.29, 0.717) is 33.0 Å². The van der Waals surface area contributed by atoms with Crippen molar-refractivity contribution in [1.82, 2.24) is 0 Å². The predicted octanol–water partition coefficient (Wildman–Crippen LogP) is 0.974. The summed E-state index contributed by atoms with van der Waals surface area (Å²) in [6.45, 7) is 7.79. The van der Waals surface area contributed by atoms with E-state index >= 15 is 0 Å². The molecule has 0 saturated carbocycles. The first-order valence-electron chi connectivity index (χ1n) is 7.86. The van der Waals surface area contributed by atoms with E-state index in [1.54, 1.807) is 7.11 Å². The Bertz CT molecular complexity index is 336. The molecule has 0 rings (SSSR count). The molecule has 10 heteroatoms. The standard InChI is InChI=1S/C14H31O9P/c1-12(18-4)10-21-14(3)11-22-13(2)9-20-6-5-19-7-8-23-24(15,16)17/h12-14H,5-11H2,1-4H3,(H2,15,16,17). The minimum absolute atomic E-state index is 0.0255. The molecule has 3 atom stereocenters. The van der Waals surface area contributed by atoms with Gasteiger partial charge in [0.25, 0.3) is 0 Å². The second-order valence-electron chi connectivity index (χ2n) is 5.35. The van der Waals surface area contributed by atoms with Crippen LogP contribution in [0.25, 0.3) is 0 Å². The van der Waals surface area contributed by atoms with E-state index in [2.05, 4.69) is 4.52 Å². The van der Waals surface area contributed by atoms with Crippen LogP contribution in [0.3, 0.4) is 0 Å². The highest BCUT2D eigenvalue weighted by atomic mass is 31.2. The number of hydrogen-bond donors (Lipinski definition) is 2. The van der Waals surface area contributed by atoms with Crippen molar-refractivity contribution in [2.24, 2.45) is 0 Å². The Hall–Kier alpha value is -0.0900. The smallest absolute Gasteiger partial charge is 0.379 e. The third-order valence-corrected chi connectivity index (χ3v) is 3.36. The van der Waals surface area contributed by atoms with Gasteiger partial charge in [-0.15, -0.1) is 0 Å². The van der Waals surface area contributed by atoms with E-state index in [-0.39, 0.29) is 31.5 Å². The van der Waals surface area contributed by atoms with E-state index in [9.17, 15) is 4.57 Å². The van der Waals surface area contributed by atoms with E-state index in [0.717, 1.165) is 0 Å². The van der Waals surface area contributed by atoms with Crippen LogP contribution in [-0.2, 0) is 32.8 Å². The van der Waals surface area contributed by atoms with Crippen LogP contribution in [0.1, 0.15) is 20.8 Å². The zero-order valence-electron chi connectivity index (χ0n) is 14.9. The molecule has 0 amide bonds. The number of rotatable bonds is 16. The minimum Gasteiger partial charge on any atom is -0.379 e. The fourth-order valence-corrected chi connectivity index (χ4v) is 1.76. The highest BCUT2D eigenvalue weighted by Crippen LogP contribution is 2.35. The summed E-state index contributed by atoms with van der Waals surface area (Å²) in [6.07, 6.45) is -0.0448. The van der Waals surface area contributed by atoms with Gasteiger partial charge in [0.1, 0.15) is 0 Å². The van der Waals surface area contributed by atoms with Crippen molar-refractivity contribution in [3.8, 4) is 0 Å². The first kappa shape index (κ1) is 23.9. The molecular formula is C14H31O9P. The summed E-state index contributed by atoms with van der Waals surface area (Å²) in [7, 11) is -2.77. The molecule has 0 aliphatic rings. The van der Waals surface area contributed by atoms with Crippen LogP contribution in [0.15, 0.2) is 0 Å². The second kappa shape index (κ2) is 14.1. The zero-order chi connectivity index (χ0) is 18.4. The highest BCUT2D eigenvalue weighted by Gasteiger charge is 2.12. The Morgan fingerprint density at radius 3 is 1.88 bits per heavy atom. The topological polar surface area (TPSA) is 113 Å². The van der Waals surface area contributed by atoms with Crippen LogP contribution in [0.2, 0.25) is 0 Å². The molecule has 0 spiro atoms. The third kappa shape index (κ3) is 16.8. The lowest BCUT2D eigenvalue weighted by atomic mass is 10.4. The molecule has 0 saturated heterocycles. The van der Waals surface area contributed by atoms with E-state index in [1.807, 2.05) is 20.8 Å². The summed E-state index contributed by atoms with van der Waals surface area (Å²) >= 11 is 0. The van der Waals surface area contributed by atoms with Gasteiger partial charge in [0, 0.05) is 7.11 Å². The van der Waals surface area contributed by atoms with Crippen LogP contribution in [0.4, 0.5) is 0 Å². The normalized spacial score (nSPS) is 16.1. The van der Waals surface area contributed by atoms with Crippen LogP contribution < -0.4 is 0 Å². The lowest BCUT2D eigenvalue weighted by Gasteiger charge is -2.19. The number of methoxy groups -OCH3 is 1. The SMILES string of the molecule is COC(C)COC(C)COC(C)COCCOCCOP(=O)(O)O. The van der Waals surface area contributed by atoms with Crippen molar-refractivity contribution in [2.45, 2.75) is 39.1 Å². The molecule has 0 bridgehead atoms. The van der Waals surface area contributed by atoms with Gasteiger partial charge in [-0.1, -0.05) is 0 Å². The molecule has 0 aliphatic heterocycles. The van der Waals surface area contributed by atoms with Gasteiger partial charge >= 0.3 is 7.82 Å². The highest BCUT2D eigenvalue weighted by molar-refractivity contribution is 7.46. The molecule has 24 heavy (non-hydrogen) atoms. The van der Waals surface area contributed by atoms with Gasteiger partial charge in [-0.2, -0.15) is 0 Å². The average Bonchev–Trinajstić information content (AvgIpc) is 2.51. The molecule has 9 nitrogen and oxygen atoms in total. The van der Waals surface area contributed by atoms with Crippen molar-refractivity contribution in [1.29, 1.82) is 0 Å². The number of phosphoric ester groups is 1. The predicted molar refractivity (Wildman–Crippen MR) is 86.9 cm³/mol. The Morgan fingerprint density at radius 1 is 0.792 bits per heavy atom. The van der Waals surface area contributed by atoms with E-state index in [4.69, 9.17) is 33.5 Å². The van der Waals surface area contributed by atoms with E-state index in [1.165, 1.54) is 0 Å². The van der Waals surface area contributed by atoms with Crippen LogP contribution in [0, 0.1) is 0 Å². The molecule has 0 aliphatic carbocycles. The molecular weight excluding hydrogens is 343 g/mol. The van der Waals surface area contributed by atoms with Gasteiger partial charge in [0.2, 0.25) is 0 Å². The van der Waals surface area contributed by atoms with Gasteiger partial charge in [-0.05, 0) is 20.8 Å². The summed E-state index contributed by atoms with van der Waals surface area (Å²) in [5, 5.41) is 0. The summed E-state index contributed by atoms with van der Waals surface area (Å²) in [4.78, 5) is 16.9. The van der Waals surface area contributed by atoms with Crippen molar-refractivity contribution >= 4 is 7.82 Å². The Kier molecular flexibility index (Phi) is 14.1. The lowest BCUT2D eigenvalue weighted by molar-refractivity contribution is -0.0777. The van der Waals surface area contributed by atoms with Crippen LogP contribution in [-0.4, -0.2) is 81.5 Å². The number of hydrogen-bond acceptors (Lipinski definition) is 7. The van der Waals surface area contributed by atoms with Gasteiger partial charge < -0.3 is 33.5 Å². The molecule has 0 aromatic carbocycles. The van der Waals surface area contributed by atoms with Crippen molar-refractivity contribution in [3.63, 3.8) is 0 Å². The average molecular weight is 374 g/mol. The molecule has 0 fully saturated rings. The summed E-state index contributed by atoms with van der Waals surface area (Å²) in [5.41, 5.74) is 0. The maximum Gasteiger partial charge on any atom is 0.469 e. The summed E-state index contributed by atoms with van der Waals surface area (Å²) in [5.74, 6) is 0. The Labute approximate surface area is 143 Å². The first-order valence-corrected chi connectivity index (χ1v) is 9.39. The van der Waals surface area contributed by atoms with E-state index < -0.39 is 7.82 Å². The van der Waals surface area contributed by atoms with Gasteiger partial charge in [0.15, 0.2) is 0 Å². The Balaban J connectivity index is 3.43. The van der Waals surface area contributed by atoms with Gasteiger partial charge in [-0.25, -0.2) is 4.57 Å².